The molecule has 0 aliphatic rings. The van der Waals surface area contributed by atoms with E-state index in [1.807, 2.05) is 37.3 Å². The van der Waals surface area contributed by atoms with Crippen LogP contribution in [-0.2, 0) is 0 Å². The Bertz CT molecular complexity index is 827. The Balaban J connectivity index is 2.15. The van der Waals surface area contributed by atoms with E-state index in [0.717, 1.165) is 11.1 Å². The second kappa shape index (κ2) is 5.40. The number of phenolic OH excluding ortho intramolecular Hbond substituents is 1. The first kappa shape index (κ1) is 13.9. The van der Waals surface area contributed by atoms with Gasteiger partial charge >= 0.3 is 0 Å². The number of nitrogens with zero attached hydrogens (tertiary/aromatic N) is 3. The van der Waals surface area contributed by atoms with Crippen LogP contribution in [0, 0.1) is 6.92 Å². The first-order valence-corrected chi connectivity index (χ1v) is 6.76. The smallest absolute Gasteiger partial charge is 0.156 e. The van der Waals surface area contributed by atoms with Crippen LogP contribution in [0.4, 0.5) is 5.82 Å². The minimum Gasteiger partial charge on any atom is -0.506 e. The number of aromatic nitrogens is 3. The van der Waals surface area contributed by atoms with E-state index in [1.165, 1.54) is 4.68 Å². The van der Waals surface area contributed by atoms with Crippen LogP contribution in [0.2, 0.25) is 0 Å². The van der Waals surface area contributed by atoms with Crippen molar-refractivity contribution in [1.82, 2.24) is 15.0 Å². The molecule has 0 fully saturated rings. The van der Waals surface area contributed by atoms with Gasteiger partial charge < -0.3 is 15.6 Å². The van der Waals surface area contributed by atoms with Crippen molar-refractivity contribution in [3.8, 4) is 28.4 Å². The quantitative estimate of drug-likeness (QED) is 0.775. The predicted molar refractivity (Wildman–Crippen MR) is 84.2 cm³/mol. The molecule has 2 aromatic carbocycles. The fraction of sp³-hybridized carbons (Fsp3) is 0.125. The Morgan fingerprint density at radius 1 is 1.18 bits per heavy atom. The van der Waals surface area contributed by atoms with Gasteiger partial charge in [-0.15, -0.1) is 5.10 Å². The largest absolute Gasteiger partial charge is 0.506 e. The zero-order chi connectivity index (χ0) is 15.7. The highest BCUT2D eigenvalue weighted by Gasteiger charge is 2.18. The normalized spacial score (nSPS) is 10.6. The fourth-order valence-electron chi connectivity index (χ4n) is 2.30. The van der Waals surface area contributed by atoms with Gasteiger partial charge in [-0.2, -0.15) is 4.68 Å². The first-order chi connectivity index (χ1) is 10.6. The molecule has 0 bridgehead atoms. The summed E-state index contributed by atoms with van der Waals surface area (Å²) in [5, 5.41) is 18.2. The van der Waals surface area contributed by atoms with Crippen molar-refractivity contribution in [2.75, 3.05) is 12.8 Å². The van der Waals surface area contributed by atoms with Crippen LogP contribution in [0.5, 0.6) is 11.5 Å². The van der Waals surface area contributed by atoms with Gasteiger partial charge in [-0.05, 0) is 36.8 Å². The maximum Gasteiger partial charge on any atom is 0.156 e. The predicted octanol–water partition coefficient (Wildman–Crippen LogP) is 2.54. The average molecular weight is 296 g/mol. The average Bonchev–Trinajstić information content (AvgIpc) is 2.91. The fourth-order valence-corrected chi connectivity index (χ4v) is 2.30. The van der Waals surface area contributed by atoms with Crippen molar-refractivity contribution in [2.24, 2.45) is 0 Å². The number of methoxy groups -OCH3 is 1. The van der Waals surface area contributed by atoms with Crippen LogP contribution in [0.1, 0.15) is 5.56 Å². The molecular formula is C16H16N4O2. The molecule has 0 aliphatic carbocycles. The van der Waals surface area contributed by atoms with Crippen LogP contribution >= 0.6 is 0 Å². The lowest BCUT2D eigenvalue weighted by Crippen LogP contribution is -2.03. The number of hydrogen-bond donors (Lipinski definition) is 2. The van der Waals surface area contributed by atoms with Crippen LogP contribution in [0.25, 0.3) is 16.9 Å². The van der Waals surface area contributed by atoms with Crippen LogP contribution in [-0.4, -0.2) is 27.2 Å². The summed E-state index contributed by atoms with van der Waals surface area (Å²) in [6, 6.07) is 12.7. The molecule has 6 nitrogen and oxygen atoms in total. The topological polar surface area (TPSA) is 86.2 Å². The summed E-state index contributed by atoms with van der Waals surface area (Å²) in [7, 11) is 1.59. The molecule has 3 aromatic rings. The number of phenols is 1. The Morgan fingerprint density at radius 2 is 1.95 bits per heavy atom. The van der Waals surface area contributed by atoms with Crippen molar-refractivity contribution in [1.29, 1.82) is 0 Å². The number of benzene rings is 2. The molecule has 1 heterocycles. The molecule has 0 unspecified atom stereocenters. The number of para-hydroxylation sites is 1. The highest BCUT2D eigenvalue weighted by Crippen LogP contribution is 2.34. The number of aromatic hydroxyl groups is 1. The Hall–Kier alpha value is -3.02. The Labute approximate surface area is 127 Å². The van der Waals surface area contributed by atoms with Gasteiger partial charge in [0.25, 0.3) is 0 Å². The molecule has 6 heteroatoms. The lowest BCUT2D eigenvalue weighted by molar-refractivity contribution is 0.416. The standard InChI is InChI=1S/C16H16N4O2/c1-10-7-8-13(21)12(9-10)20-16(17)15(18-19-20)11-5-3-4-6-14(11)22-2/h3-9,21H,17H2,1-2H3. The second-order valence-electron chi connectivity index (χ2n) is 4.93. The molecule has 0 radical (unpaired) electrons. The van der Waals surface area contributed by atoms with E-state index < -0.39 is 0 Å². The van der Waals surface area contributed by atoms with Crippen molar-refractivity contribution in [2.45, 2.75) is 6.92 Å². The highest BCUT2D eigenvalue weighted by atomic mass is 16.5. The Kier molecular flexibility index (Phi) is 3.42. The van der Waals surface area contributed by atoms with E-state index in [1.54, 1.807) is 19.2 Å². The molecule has 22 heavy (non-hydrogen) atoms. The third-order valence-electron chi connectivity index (χ3n) is 3.43. The maximum atomic E-state index is 10.0. The number of rotatable bonds is 3. The lowest BCUT2D eigenvalue weighted by Gasteiger charge is -2.08. The van der Waals surface area contributed by atoms with Crippen molar-refractivity contribution in [3.05, 3.63) is 48.0 Å². The molecule has 3 N–H and O–H groups in total. The zero-order valence-electron chi connectivity index (χ0n) is 12.3. The minimum absolute atomic E-state index is 0.0915. The maximum absolute atomic E-state index is 10.0. The lowest BCUT2D eigenvalue weighted by atomic mass is 10.1. The molecule has 3 rings (SSSR count). The van der Waals surface area contributed by atoms with Gasteiger partial charge in [-0.1, -0.05) is 23.4 Å². The number of aryl methyl sites for hydroxylation is 1. The molecule has 0 saturated heterocycles. The number of nitrogen functional groups attached to an aromatic ring is 1. The van der Waals surface area contributed by atoms with E-state index in [4.69, 9.17) is 10.5 Å². The van der Waals surface area contributed by atoms with Crippen molar-refractivity contribution in [3.63, 3.8) is 0 Å². The van der Waals surface area contributed by atoms with E-state index in [-0.39, 0.29) is 5.75 Å². The molecule has 112 valence electrons. The van der Waals surface area contributed by atoms with Gasteiger partial charge in [0.05, 0.1) is 7.11 Å². The van der Waals surface area contributed by atoms with Crippen LogP contribution in [0.15, 0.2) is 42.5 Å². The van der Waals surface area contributed by atoms with E-state index >= 15 is 0 Å². The third kappa shape index (κ3) is 2.24. The third-order valence-corrected chi connectivity index (χ3v) is 3.43. The molecule has 0 aliphatic heterocycles. The summed E-state index contributed by atoms with van der Waals surface area (Å²) in [4.78, 5) is 0. The molecule has 0 amide bonds. The summed E-state index contributed by atoms with van der Waals surface area (Å²) in [5.41, 5.74) is 8.92. The zero-order valence-corrected chi connectivity index (χ0v) is 12.3. The minimum atomic E-state index is 0.0915. The van der Waals surface area contributed by atoms with E-state index in [2.05, 4.69) is 10.3 Å². The van der Waals surface area contributed by atoms with Gasteiger partial charge in [0.1, 0.15) is 22.9 Å². The first-order valence-electron chi connectivity index (χ1n) is 6.76. The molecule has 0 saturated carbocycles. The molecular weight excluding hydrogens is 280 g/mol. The number of anilines is 1. The summed E-state index contributed by atoms with van der Waals surface area (Å²) in [5.74, 6) is 1.09. The van der Waals surface area contributed by atoms with Gasteiger partial charge in [-0.3, -0.25) is 0 Å². The summed E-state index contributed by atoms with van der Waals surface area (Å²) in [6.45, 7) is 1.93. The van der Waals surface area contributed by atoms with Gasteiger partial charge in [0, 0.05) is 5.56 Å². The van der Waals surface area contributed by atoms with Crippen molar-refractivity contribution >= 4 is 5.82 Å². The number of ether oxygens (including phenoxy) is 1. The number of hydrogen-bond acceptors (Lipinski definition) is 5. The summed E-state index contributed by atoms with van der Waals surface area (Å²) < 4.78 is 6.75. The molecule has 0 atom stereocenters. The van der Waals surface area contributed by atoms with Crippen LogP contribution < -0.4 is 10.5 Å². The van der Waals surface area contributed by atoms with Gasteiger partial charge in [0.15, 0.2) is 5.82 Å². The van der Waals surface area contributed by atoms with E-state index in [9.17, 15) is 5.11 Å². The second-order valence-corrected chi connectivity index (χ2v) is 4.93. The summed E-state index contributed by atoms with van der Waals surface area (Å²) >= 11 is 0. The van der Waals surface area contributed by atoms with Crippen molar-refractivity contribution < 1.29 is 9.84 Å². The molecule has 1 aromatic heterocycles. The number of nitrogens with two attached hydrogens (primary N) is 1. The summed E-state index contributed by atoms with van der Waals surface area (Å²) in [6.07, 6.45) is 0. The molecule has 0 spiro atoms. The Morgan fingerprint density at radius 3 is 2.73 bits per heavy atom. The monoisotopic (exact) mass is 296 g/mol. The van der Waals surface area contributed by atoms with Gasteiger partial charge in [0.2, 0.25) is 0 Å². The van der Waals surface area contributed by atoms with E-state index in [0.29, 0.717) is 22.9 Å². The van der Waals surface area contributed by atoms with Crippen LogP contribution in [0.3, 0.4) is 0 Å². The highest BCUT2D eigenvalue weighted by molar-refractivity contribution is 5.76. The SMILES string of the molecule is COc1ccccc1-c1nnn(-c2cc(C)ccc2O)c1N. The van der Waals surface area contributed by atoms with Gasteiger partial charge in [-0.25, -0.2) is 0 Å².